The van der Waals surface area contributed by atoms with E-state index in [0.29, 0.717) is 6.04 Å². The zero-order valence-corrected chi connectivity index (χ0v) is 9.90. The zero-order chi connectivity index (χ0) is 12.3. The monoisotopic (exact) mass is 235 g/mol. The summed E-state index contributed by atoms with van der Waals surface area (Å²) in [6.07, 6.45) is 2.25. The molecule has 0 aliphatic carbocycles. The van der Waals surface area contributed by atoms with E-state index in [0.717, 1.165) is 37.2 Å². The molecule has 0 radical (unpaired) electrons. The lowest BCUT2D eigenvalue weighted by molar-refractivity contribution is -0.384. The molecule has 0 bridgehead atoms. The molecule has 2 N–H and O–H groups in total. The van der Waals surface area contributed by atoms with Crippen molar-refractivity contribution in [1.29, 1.82) is 0 Å². The summed E-state index contributed by atoms with van der Waals surface area (Å²) in [4.78, 5) is 10.4. The van der Waals surface area contributed by atoms with E-state index in [9.17, 15) is 10.1 Å². The number of piperidine rings is 1. The Morgan fingerprint density at radius 3 is 2.94 bits per heavy atom. The van der Waals surface area contributed by atoms with Crippen LogP contribution in [0, 0.1) is 17.0 Å². The van der Waals surface area contributed by atoms with Crippen molar-refractivity contribution in [3.8, 4) is 0 Å². The predicted octanol–water partition coefficient (Wildman–Crippen LogP) is 2.07. The van der Waals surface area contributed by atoms with E-state index < -0.39 is 0 Å². The van der Waals surface area contributed by atoms with Crippen LogP contribution in [0.3, 0.4) is 0 Å². The average molecular weight is 235 g/mol. The van der Waals surface area contributed by atoms with Crippen molar-refractivity contribution in [3.05, 3.63) is 33.9 Å². The Morgan fingerprint density at radius 2 is 2.29 bits per heavy atom. The highest BCUT2D eigenvalue weighted by Gasteiger charge is 2.14. The van der Waals surface area contributed by atoms with Gasteiger partial charge in [-0.15, -0.1) is 0 Å². The van der Waals surface area contributed by atoms with Crippen LogP contribution in [-0.4, -0.2) is 24.1 Å². The molecule has 5 nitrogen and oxygen atoms in total. The van der Waals surface area contributed by atoms with Gasteiger partial charge in [-0.3, -0.25) is 10.1 Å². The Bertz CT molecular complexity index is 414. The van der Waals surface area contributed by atoms with Crippen LogP contribution in [0.4, 0.5) is 11.4 Å². The number of benzene rings is 1. The second kappa shape index (κ2) is 5.14. The molecule has 0 saturated carbocycles. The third-order valence-electron chi connectivity index (χ3n) is 2.94. The molecule has 1 aliphatic heterocycles. The third-order valence-corrected chi connectivity index (χ3v) is 2.94. The van der Waals surface area contributed by atoms with Crippen molar-refractivity contribution in [1.82, 2.24) is 5.32 Å². The maximum Gasteiger partial charge on any atom is 0.271 e. The standard InChI is InChI=1S/C12H17N3O2/c1-9-5-11(7-12(6-9)15(16)17)14-10-3-2-4-13-8-10/h5-7,10,13-14H,2-4,8H2,1H3. The van der Waals surface area contributed by atoms with Crippen LogP contribution < -0.4 is 10.6 Å². The lowest BCUT2D eigenvalue weighted by atomic mass is 10.1. The number of anilines is 1. The van der Waals surface area contributed by atoms with Crippen molar-refractivity contribution < 1.29 is 4.92 Å². The van der Waals surface area contributed by atoms with E-state index >= 15 is 0 Å². The minimum Gasteiger partial charge on any atom is -0.381 e. The topological polar surface area (TPSA) is 67.2 Å². The molecule has 1 aromatic rings. The van der Waals surface area contributed by atoms with E-state index in [1.165, 1.54) is 0 Å². The minimum atomic E-state index is -0.350. The lowest BCUT2D eigenvalue weighted by Crippen LogP contribution is -2.38. The van der Waals surface area contributed by atoms with Gasteiger partial charge in [0.15, 0.2) is 0 Å². The smallest absolute Gasteiger partial charge is 0.271 e. The van der Waals surface area contributed by atoms with E-state index in [1.54, 1.807) is 12.1 Å². The van der Waals surface area contributed by atoms with Gasteiger partial charge in [0.25, 0.3) is 5.69 Å². The minimum absolute atomic E-state index is 0.149. The molecule has 5 heteroatoms. The maximum absolute atomic E-state index is 10.8. The van der Waals surface area contributed by atoms with Gasteiger partial charge < -0.3 is 10.6 Å². The highest BCUT2D eigenvalue weighted by atomic mass is 16.6. The molecule has 0 spiro atoms. The van der Waals surface area contributed by atoms with Gasteiger partial charge in [-0.05, 0) is 37.9 Å². The molecule has 1 fully saturated rings. The van der Waals surface area contributed by atoms with E-state index in [4.69, 9.17) is 0 Å². The number of nitrogens with zero attached hydrogens (tertiary/aromatic N) is 1. The molecular weight excluding hydrogens is 218 g/mol. The Labute approximate surface area is 100 Å². The van der Waals surface area contributed by atoms with Crippen LogP contribution in [0.2, 0.25) is 0 Å². The zero-order valence-electron chi connectivity index (χ0n) is 9.90. The first kappa shape index (κ1) is 11.9. The molecular formula is C12H17N3O2. The van der Waals surface area contributed by atoms with Gasteiger partial charge in [-0.1, -0.05) is 0 Å². The first-order valence-electron chi connectivity index (χ1n) is 5.88. The summed E-state index contributed by atoms with van der Waals surface area (Å²) < 4.78 is 0. The quantitative estimate of drug-likeness (QED) is 0.621. The molecule has 17 heavy (non-hydrogen) atoms. The molecule has 1 atom stereocenters. The highest BCUT2D eigenvalue weighted by molar-refractivity contribution is 5.54. The summed E-state index contributed by atoms with van der Waals surface area (Å²) in [6.45, 7) is 3.85. The molecule has 2 rings (SSSR count). The SMILES string of the molecule is Cc1cc(NC2CCCNC2)cc([N+](=O)[O-])c1. The summed E-state index contributed by atoms with van der Waals surface area (Å²) >= 11 is 0. The number of hydrogen-bond donors (Lipinski definition) is 2. The summed E-state index contributed by atoms with van der Waals surface area (Å²) in [5, 5.41) is 17.4. The molecule has 1 heterocycles. The lowest BCUT2D eigenvalue weighted by Gasteiger charge is -2.24. The van der Waals surface area contributed by atoms with E-state index in [1.807, 2.05) is 13.0 Å². The second-order valence-corrected chi connectivity index (χ2v) is 4.50. The van der Waals surface area contributed by atoms with Crippen LogP contribution in [0.15, 0.2) is 18.2 Å². The number of nitrogens with one attached hydrogen (secondary N) is 2. The fourth-order valence-corrected chi connectivity index (χ4v) is 2.16. The average Bonchev–Trinajstić information content (AvgIpc) is 2.29. The Balaban J connectivity index is 2.11. The number of nitro benzene ring substituents is 1. The number of hydrogen-bond acceptors (Lipinski definition) is 4. The van der Waals surface area contributed by atoms with Crippen LogP contribution >= 0.6 is 0 Å². The summed E-state index contributed by atoms with van der Waals surface area (Å²) in [5.41, 5.74) is 1.90. The van der Waals surface area contributed by atoms with Crippen molar-refractivity contribution in [3.63, 3.8) is 0 Å². The molecule has 0 aromatic heterocycles. The van der Waals surface area contributed by atoms with Gasteiger partial charge in [0.2, 0.25) is 0 Å². The van der Waals surface area contributed by atoms with E-state index in [-0.39, 0.29) is 10.6 Å². The molecule has 0 amide bonds. The van der Waals surface area contributed by atoms with Crippen molar-refractivity contribution >= 4 is 11.4 Å². The second-order valence-electron chi connectivity index (χ2n) is 4.50. The van der Waals surface area contributed by atoms with Gasteiger partial charge in [-0.2, -0.15) is 0 Å². The maximum atomic E-state index is 10.8. The summed E-state index contributed by atoms with van der Waals surface area (Å²) in [6, 6.07) is 5.50. The molecule has 1 unspecified atom stereocenters. The Hall–Kier alpha value is -1.62. The van der Waals surface area contributed by atoms with Crippen LogP contribution in [0.25, 0.3) is 0 Å². The third kappa shape index (κ3) is 3.17. The van der Waals surface area contributed by atoms with Crippen LogP contribution in [-0.2, 0) is 0 Å². The highest BCUT2D eigenvalue weighted by Crippen LogP contribution is 2.21. The van der Waals surface area contributed by atoms with Crippen molar-refractivity contribution in [2.24, 2.45) is 0 Å². The molecule has 92 valence electrons. The van der Waals surface area contributed by atoms with Crippen molar-refractivity contribution in [2.75, 3.05) is 18.4 Å². The van der Waals surface area contributed by atoms with Gasteiger partial charge in [0.1, 0.15) is 0 Å². The summed E-state index contributed by atoms with van der Waals surface area (Å²) in [5.74, 6) is 0. The van der Waals surface area contributed by atoms with Gasteiger partial charge in [0.05, 0.1) is 4.92 Å². The Morgan fingerprint density at radius 1 is 1.47 bits per heavy atom. The number of nitro groups is 1. The predicted molar refractivity (Wildman–Crippen MR) is 67.3 cm³/mol. The first-order valence-corrected chi connectivity index (χ1v) is 5.88. The van der Waals surface area contributed by atoms with Crippen LogP contribution in [0.5, 0.6) is 0 Å². The largest absolute Gasteiger partial charge is 0.381 e. The number of non-ortho nitro benzene ring substituents is 1. The number of rotatable bonds is 3. The Kier molecular flexibility index (Phi) is 3.58. The fourth-order valence-electron chi connectivity index (χ4n) is 2.16. The number of aryl methyl sites for hydroxylation is 1. The first-order chi connectivity index (χ1) is 8.15. The van der Waals surface area contributed by atoms with Crippen LogP contribution in [0.1, 0.15) is 18.4 Å². The van der Waals surface area contributed by atoms with Gasteiger partial charge in [-0.25, -0.2) is 0 Å². The normalized spacial score (nSPS) is 19.9. The molecule has 1 aromatic carbocycles. The van der Waals surface area contributed by atoms with E-state index in [2.05, 4.69) is 10.6 Å². The van der Waals surface area contributed by atoms with Crippen molar-refractivity contribution in [2.45, 2.75) is 25.8 Å². The molecule has 1 saturated heterocycles. The molecule has 1 aliphatic rings. The van der Waals surface area contributed by atoms with Gasteiger partial charge in [0, 0.05) is 30.4 Å². The van der Waals surface area contributed by atoms with Gasteiger partial charge >= 0.3 is 0 Å². The summed E-state index contributed by atoms with van der Waals surface area (Å²) in [7, 11) is 0. The fraction of sp³-hybridized carbons (Fsp3) is 0.500.